The first-order chi connectivity index (χ1) is 11.2. The topological polar surface area (TPSA) is 43.1 Å². The SMILES string of the molecule is Cc1cccc(/C=N\n2cnnc2SCc2ccc(Cl)cc2)c1. The van der Waals surface area contributed by atoms with E-state index >= 15 is 0 Å². The van der Waals surface area contributed by atoms with Crippen LogP contribution in [0, 0.1) is 6.92 Å². The van der Waals surface area contributed by atoms with Gasteiger partial charge in [-0.2, -0.15) is 9.78 Å². The second-order valence-corrected chi connectivity index (χ2v) is 6.41. The Kier molecular flexibility index (Phi) is 5.10. The van der Waals surface area contributed by atoms with E-state index in [1.165, 1.54) is 11.1 Å². The standard InChI is InChI=1S/C17H15ClN4S/c1-13-3-2-4-15(9-13)10-20-22-12-19-21-17(22)23-11-14-5-7-16(18)8-6-14/h2-10,12H,11H2,1H3/b20-10-. The lowest BCUT2D eigenvalue weighted by molar-refractivity contribution is 0.767. The quantitative estimate of drug-likeness (QED) is 0.509. The van der Waals surface area contributed by atoms with Crippen molar-refractivity contribution in [1.29, 1.82) is 0 Å². The molecule has 2 aromatic carbocycles. The Hall–Kier alpha value is -2.11. The maximum atomic E-state index is 5.89. The van der Waals surface area contributed by atoms with Crippen LogP contribution >= 0.6 is 23.4 Å². The molecule has 0 bridgehead atoms. The van der Waals surface area contributed by atoms with Gasteiger partial charge in [0.25, 0.3) is 0 Å². The summed E-state index contributed by atoms with van der Waals surface area (Å²) >= 11 is 7.48. The summed E-state index contributed by atoms with van der Waals surface area (Å²) in [7, 11) is 0. The molecule has 4 nitrogen and oxygen atoms in total. The molecule has 1 heterocycles. The highest BCUT2D eigenvalue weighted by molar-refractivity contribution is 7.98. The van der Waals surface area contributed by atoms with Crippen molar-refractivity contribution < 1.29 is 0 Å². The number of nitrogens with zero attached hydrogens (tertiary/aromatic N) is 4. The van der Waals surface area contributed by atoms with Gasteiger partial charge < -0.3 is 0 Å². The minimum absolute atomic E-state index is 0.740. The Morgan fingerprint density at radius 2 is 2.04 bits per heavy atom. The number of aryl methyl sites for hydroxylation is 1. The predicted molar refractivity (Wildman–Crippen MR) is 95.2 cm³/mol. The average molecular weight is 343 g/mol. The van der Waals surface area contributed by atoms with Crippen molar-refractivity contribution in [2.45, 2.75) is 17.8 Å². The molecule has 0 aliphatic carbocycles. The highest BCUT2D eigenvalue weighted by atomic mass is 35.5. The molecule has 0 saturated carbocycles. The van der Waals surface area contributed by atoms with Crippen LogP contribution in [0.15, 0.2) is 65.1 Å². The second kappa shape index (κ2) is 7.44. The van der Waals surface area contributed by atoms with Crippen molar-refractivity contribution in [2.75, 3.05) is 0 Å². The van der Waals surface area contributed by atoms with Gasteiger partial charge in [0.2, 0.25) is 5.16 Å². The van der Waals surface area contributed by atoms with Crippen LogP contribution < -0.4 is 0 Å². The number of hydrogen-bond donors (Lipinski definition) is 0. The van der Waals surface area contributed by atoms with Gasteiger partial charge in [-0.3, -0.25) is 0 Å². The Morgan fingerprint density at radius 1 is 1.22 bits per heavy atom. The van der Waals surface area contributed by atoms with E-state index in [-0.39, 0.29) is 0 Å². The molecule has 6 heteroatoms. The molecule has 0 spiro atoms. The summed E-state index contributed by atoms with van der Waals surface area (Å²) < 4.78 is 1.68. The number of rotatable bonds is 5. The maximum Gasteiger partial charge on any atom is 0.212 e. The lowest BCUT2D eigenvalue weighted by atomic mass is 10.2. The van der Waals surface area contributed by atoms with Gasteiger partial charge in [-0.1, -0.05) is 65.3 Å². The first kappa shape index (κ1) is 15.8. The van der Waals surface area contributed by atoms with Crippen molar-refractivity contribution in [3.05, 3.63) is 76.6 Å². The average Bonchev–Trinajstić information content (AvgIpc) is 3.00. The molecule has 0 aliphatic rings. The minimum atomic E-state index is 0.740. The van der Waals surface area contributed by atoms with E-state index in [1.54, 1.807) is 22.8 Å². The minimum Gasteiger partial charge on any atom is -0.195 e. The smallest absolute Gasteiger partial charge is 0.195 e. The van der Waals surface area contributed by atoms with Gasteiger partial charge in [0.05, 0.1) is 6.21 Å². The lowest BCUT2D eigenvalue weighted by Crippen LogP contribution is -1.93. The fraction of sp³-hybridized carbons (Fsp3) is 0.118. The number of halogens is 1. The Morgan fingerprint density at radius 3 is 2.83 bits per heavy atom. The normalized spacial score (nSPS) is 11.2. The monoisotopic (exact) mass is 342 g/mol. The molecule has 0 aliphatic heterocycles. The molecule has 0 fully saturated rings. The first-order valence-corrected chi connectivity index (χ1v) is 8.45. The fourth-order valence-electron chi connectivity index (χ4n) is 2.00. The Labute approximate surface area is 144 Å². The number of thioether (sulfide) groups is 1. The lowest BCUT2D eigenvalue weighted by Gasteiger charge is -2.02. The van der Waals surface area contributed by atoms with Gasteiger partial charge in [0.15, 0.2) is 0 Å². The fourth-order valence-corrected chi connectivity index (χ4v) is 2.95. The summed E-state index contributed by atoms with van der Waals surface area (Å²) in [6.07, 6.45) is 3.42. The van der Waals surface area contributed by atoms with Crippen molar-refractivity contribution in [3.63, 3.8) is 0 Å². The predicted octanol–water partition coefficient (Wildman–Crippen LogP) is 4.41. The van der Waals surface area contributed by atoms with Gasteiger partial charge >= 0.3 is 0 Å². The van der Waals surface area contributed by atoms with E-state index in [2.05, 4.69) is 34.4 Å². The van der Waals surface area contributed by atoms with E-state index in [9.17, 15) is 0 Å². The number of aromatic nitrogens is 3. The van der Waals surface area contributed by atoms with E-state index in [0.29, 0.717) is 0 Å². The van der Waals surface area contributed by atoms with E-state index in [1.807, 2.05) is 42.6 Å². The number of benzene rings is 2. The summed E-state index contributed by atoms with van der Waals surface area (Å²) in [5.74, 6) is 0.788. The van der Waals surface area contributed by atoms with Crippen LogP contribution in [-0.2, 0) is 5.75 Å². The van der Waals surface area contributed by atoms with Crippen molar-refractivity contribution >= 4 is 29.6 Å². The second-order valence-electron chi connectivity index (χ2n) is 5.03. The highest BCUT2D eigenvalue weighted by Gasteiger charge is 2.04. The Bertz CT molecular complexity index is 811. The zero-order valence-electron chi connectivity index (χ0n) is 12.6. The molecule has 3 aromatic rings. The van der Waals surface area contributed by atoms with E-state index in [0.717, 1.165) is 21.5 Å². The van der Waals surface area contributed by atoms with Crippen LogP contribution in [0.4, 0.5) is 0 Å². The van der Waals surface area contributed by atoms with Crippen molar-refractivity contribution in [3.8, 4) is 0 Å². The van der Waals surface area contributed by atoms with Gasteiger partial charge in [0.1, 0.15) is 6.33 Å². The summed E-state index contributed by atoms with van der Waals surface area (Å²) in [6.45, 7) is 2.06. The summed E-state index contributed by atoms with van der Waals surface area (Å²) in [6, 6.07) is 16.0. The van der Waals surface area contributed by atoms with Gasteiger partial charge in [-0.25, -0.2) is 0 Å². The molecule has 0 N–H and O–H groups in total. The largest absolute Gasteiger partial charge is 0.212 e. The highest BCUT2D eigenvalue weighted by Crippen LogP contribution is 2.21. The van der Waals surface area contributed by atoms with Crippen molar-refractivity contribution in [1.82, 2.24) is 14.9 Å². The summed E-state index contributed by atoms with van der Waals surface area (Å²) in [5.41, 5.74) is 3.43. The van der Waals surface area contributed by atoms with Crippen LogP contribution in [0.2, 0.25) is 5.02 Å². The van der Waals surface area contributed by atoms with Crippen LogP contribution in [0.3, 0.4) is 0 Å². The maximum absolute atomic E-state index is 5.89. The van der Waals surface area contributed by atoms with E-state index in [4.69, 9.17) is 11.6 Å². The summed E-state index contributed by atoms with van der Waals surface area (Å²) in [5, 5.41) is 14.0. The third-order valence-corrected chi connectivity index (χ3v) is 4.41. The molecular weight excluding hydrogens is 328 g/mol. The van der Waals surface area contributed by atoms with Crippen molar-refractivity contribution in [2.24, 2.45) is 5.10 Å². The molecular formula is C17H15ClN4S. The zero-order valence-corrected chi connectivity index (χ0v) is 14.1. The molecule has 0 radical (unpaired) electrons. The third kappa shape index (κ3) is 4.43. The molecule has 0 amide bonds. The number of hydrogen-bond acceptors (Lipinski definition) is 4. The summed E-state index contributed by atoms with van der Waals surface area (Å²) in [4.78, 5) is 0. The Balaban J connectivity index is 1.68. The molecule has 0 saturated heterocycles. The van der Waals surface area contributed by atoms with Crippen LogP contribution in [-0.4, -0.2) is 21.1 Å². The molecule has 0 unspecified atom stereocenters. The van der Waals surface area contributed by atoms with Gasteiger partial charge in [-0.15, -0.1) is 10.2 Å². The van der Waals surface area contributed by atoms with Crippen LogP contribution in [0.25, 0.3) is 0 Å². The molecule has 116 valence electrons. The molecule has 0 atom stereocenters. The van der Waals surface area contributed by atoms with Crippen LogP contribution in [0.1, 0.15) is 16.7 Å². The first-order valence-electron chi connectivity index (χ1n) is 7.09. The van der Waals surface area contributed by atoms with Gasteiger partial charge in [-0.05, 0) is 30.2 Å². The van der Waals surface area contributed by atoms with E-state index < -0.39 is 0 Å². The zero-order chi connectivity index (χ0) is 16.1. The molecule has 1 aromatic heterocycles. The van der Waals surface area contributed by atoms with Crippen LogP contribution in [0.5, 0.6) is 0 Å². The van der Waals surface area contributed by atoms with Gasteiger partial charge in [0, 0.05) is 10.8 Å². The molecule has 3 rings (SSSR count). The third-order valence-electron chi connectivity index (χ3n) is 3.15. The molecule has 23 heavy (non-hydrogen) atoms.